The number of nitrogens with zero attached hydrogens (tertiary/aromatic N) is 1. The Morgan fingerprint density at radius 1 is 1.25 bits per heavy atom. The first kappa shape index (κ1) is 15.6. The first-order chi connectivity index (χ1) is 9.47. The van der Waals surface area contributed by atoms with Crippen molar-refractivity contribution in [1.82, 2.24) is 4.90 Å². The molecule has 0 bridgehead atoms. The molecule has 3 nitrogen and oxygen atoms in total. The zero-order valence-corrected chi connectivity index (χ0v) is 13.1. The van der Waals surface area contributed by atoms with Crippen molar-refractivity contribution in [3.05, 3.63) is 33.8 Å². The molecule has 0 saturated heterocycles. The van der Waals surface area contributed by atoms with Crippen LogP contribution >= 0.6 is 23.2 Å². The first-order valence-electron chi connectivity index (χ1n) is 6.92. The quantitative estimate of drug-likeness (QED) is 0.930. The van der Waals surface area contributed by atoms with Crippen molar-refractivity contribution in [2.24, 2.45) is 5.73 Å². The molecule has 1 aliphatic rings. The summed E-state index contributed by atoms with van der Waals surface area (Å²) in [5.74, 6) is 0.115. The van der Waals surface area contributed by atoms with Crippen LogP contribution in [0, 0.1) is 0 Å². The van der Waals surface area contributed by atoms with E-state index in [1.807, 2.05) is 18.0 Å². The van der Waals surface area contributed by atoms with E-state index in [4.69, 9.17) is 28.9 Å². The van der Waals surface area contributed by atoms with Crippen LogP contribution in [0.25, 0.3) is 0 Å². The molecule has 0 unspecified atom stereocenters. The van der Waals surface area contributed by atoms with Crippen molar-refractivity contribution in [1.29, 1.82) is 0 Å². The number of halogens is 2. The van der Waals surface area contributed by atoms with Crippen LogP contribution in [0.3, 0.4) is 0 Å². The van der Waals surface area contributed by atoms with Gasteiger partial charge in [0.15, 0.2) is 0 Å². The molecular weight excluding hydrogens is 295 g/mol. The molecule has 1 saturated carbocycles. The van der Waals surface area contributed by atoms with Crippen LogP contribution in [0.1, 0.15) is 31.2 Å². The van der Waals surface area contributed by atoms with E-state index in [1.165, 1.54) is 0 Å². The molecule has 2 rings (SSSR count). The molecule has 20 heavy (non-hydrogen) atoms. The van der Waals surface area contributed by atoms with Gasteiger partial charge in [0.05, 0.1) is 16.5 Å². The highest BCUT2D eigenvalue weighted by atomic mass is 35.5. The average Bonchev–Trinajstić information content (AvgIpc) is 2.43. The fourth-order valence-corrected chi connectivity index (χ4v) is 2.96. The van der Waals surface area contributed by atoms with Gasteiger partial charge in [0.25, 0.3) is 0 Å². The van der Waals surface area contributed by atoms with Crippen molar-refractivity contribution in [2.75, 3.05) is 7.05 Å². The zero-order valence-electron chi connectivity index (χ0n) is 11.6. The third-order valence-electron chi connectivity index (χ3n) is 4.02. The minimum atomic E-state index is 0.115. The van der Waals surface area contributed by atoms with Gasteiger partial charge < -0.3 is 10.6 Å². The molecule has 0 atom stereocenters. The summed E-state index contributed by atoms with van der Waals surface area (Å²) < 4.78 is 0. The van der Waals surface area contributed by atoms with Gasteiger partial charge in [-0.05, 0) is 43.4 Å². The van der Waals surface area contributed by atoms with Crippen LogP contribution in [-0.2, 0) is 11.2 Å². The van der Waals surface area contributed by atoms with E-state index in [9.17, 15) is 4.79 Å². The molecule has 2 N–H and O–H groups in total. The number of rotatable bonds is 3. The SMILES string of the molecule is CN(C(=O)Cc1ccc(Cl)c(Cl)c1)C1CCC(N)CC1. The number of hydrogen-bond donors (Lipinski definition) is 1. The van der Waals surface area contributed by atoms with E-state index in [0.717, 1.165) is 31.2 Å². The van der Waals surface area contributed by atoms with Crippen LogP contribution in [0.4, 0.5) is 0 Å². The zero-order chi connectivity index (χ0) is 14.7. The smallest absolute Gasteiger partial charge is 0.226 e. The standard InChI is InChI=1S/C15H20Cl2N2O/c1-19(12-5-3-11(18)4-6-12)15(20)9-10-2-7-13(16)14(17)8-10/h2,7-8,11-12H,3-6,9,18H2,1H3. The summed E-state index contributed by atoms with van der Waals surface area (Å²) in [5.41, 5.74) is 6.79. The number of carbonyl (C=O) groups excluding carboxylic acids is 1. The molecule has 1 amide bonds. The minimum absolute atomic E-state index is 0.115. The summed E-state index contributed by atoms with van der Waals surface area (Å²) in [6, 6.07) is 5.94. The van der Waals surface area contributed by atoms with E-state index in [2.05, 4.69) is 0 Å². The molecule has 0 aliphatic heterocycles. The van der Waals surface area contributed by atoms with Gasteiger partial charge in [0.1, 0.15) is 0 Å². The Balaban J connectivity index is 1.95. The highest BCUT2D eigenvalue weighted by Crippen LogP contribution is 2.24. The van der Waals surface area contributed by atoms with Crippen LogP contribution < -0.4 is 5.73 Å². The molecule has 1 aromatic rings. The molecule has 110 valence electrons. The van der Waals surface area contributed by atoms with Crippen molar-refractivity contribution < 1.29 is 4.79 Å². The Bertz CT molecular complexity index is 485. The van der Waals surface area contributed by atoms with Gasteiger partial charge in [-0.25, -0.2) is 0 Å². The lowest BCUT2D eigenvalue weighted by Crippen LogP contribution is -2.42. The molecule has 0 aromatic heterocycles. The Labute approximate surface area is 130 Å². The summed E-state index contributed by atoms with van der Waals surface area (Å²) in [4.78, 5) is 14.2. The molecule has 5 heteroatoms. The van der Waals surface area contributed by atoms with E-state index in [1.54, 1.807) is 12.1 Å². The van der Waals surface area contributed by atoms with Gasteiger partial charge in [-0.1, -0.05) is 29.3 Å². The van der Waals surface area contributed by atoms with Gasteiger partial charge in [-0.2, -0.15) is 0 Å². The lowest BCUT2D eigenvalue weighted by molar-refractivity contribution is -0.131. The molecule has 1 fully saturated rings. The molecule has 1 aliphatic carbocycles. The van der Waals surface area contributed by atoms with E-state index in [-0.39, 0.29) is 5.91 Å². The topological polar surface area (TPSA) is 46.3 Å². The second-order valence-electron chi connectivity index (χ2n) is 5.50. The van der Waals surface area contributed by atoms with Crippen molar-refractivity contribution in [2.45, 2.75) is 44.2 Å². The van der Waals surface area contributed by atoms with Crippen molar-refractivity contribution in [3.8, 4) is 0 Å². The predicted octanol–water partition coefficient (Wildman–Crippen LogP) is 3.26. The second-order valence-corrected chi connectivity index (χ2v) is 6.31. The number of benzene rings is 1. The Morgan fingerprint density at radius 2 is 1.90 bits per heavy atom. The minimum Gasteiger partial charge on any atom is -0.342 e. The highest BCUT2D eigenvalue weighted by Gasteiger charge is 2.24. The number of amides is 1. The summed E-state index contributed by atoms with van der Waals surface area (Å²) in [5, 5.41) is 1.00. The fourth-order valence-electron chi connectivity index (χ4n) is 2.64. The third-order valence-corrected chi connectivity index (χ3v) is 4.76. The first-order valence-corrected chi connectivity index (χ1v) is 7.68. The fraction of sp³-hybridized carbons (Fsp3) is 0.533. The Morgan fingerprint density at radius 3 is 2.50 bits per heavy atom. The molecule has 0 radical (unpaired) electrons. The number of carbonyl (C=O) groups is 1. The van der Waals surface area contributed by atoms with E-state index >= 15 is 0 Å². The highest BCUT2D eigenvalue weighted by molar-refractivity contribution is 6.42. The second kappa shape index (κ2) is 6.79. The molecule has 0 spiro atoms. The van der Waals surface area contributed by atoms with Gasteiger partial charge in [0.2, 0.25) is 5.91 Å². The van der Waals surface area contributed by atoms with Crippen molar-refractivity contribution in [3.63, 3.8) is 0 Å². The van der Waals surface area contributed by atoms with Crippen molar-refractivity contribution >= 4 is 29.1 Å². The molecular formula is C15H20Cl2N2O. The van der Waals surface area contributed by atoms with Gasteiger partial charge in [0, 0.05) is 19.1 Å². The largest absolute Gasteiger partial charge is 0.342 e. The van der Waals surface area contributed by atoms with Crippen LogP contribution in [0.2, 0.25) is 10.0 Å². The lowest BCUT2D eigenvalue weighted by atomic mass is 9.91. The number of likely N-dealkylation sites (N-methyl/N-ethyl adjacent to an activating group) is 1. The molecule has 0 heterocycles. The molecule has 1 aromatic carbocycles. The summed E-state index contributed by atoms with van der Waals surface area (Å²) in [6.45, 7) is 0. The Kier molecular flexibility index (Phi) is 5.30. The van der Waals surface area contributed by atoms with Crippen LogP contribution in [0.5, 0.6) is 0 Å². The van der Waals surface area contributed by atoms with Crippen LogP contribution in [0.15, 0.2) is 18.2 Å². The number of hydrogen-bond acceptors (Lipinski definition) is 2. The summed E-state index contributed by atoms with van der Waals surface area (Å²) in [6.07, 6.45) is 4.33. The monoisotopic (exact) mass is 314 g/mol. The maximum absolute atomic E-state index is 12.3. The average molecular weight is 315 g/mol. The van der Waals surface area contributed by atoms with E-state index < -0.39 is 0 Å². The lowest BCUT2D eigenvalue weighted by Gasteiger charge is -2.33. The van der Waals surface area contributed by atoms with E-state index in [0.29, 0.717) is 28.5 Å². The van der Waals surface area contributed by atoms with Gasteiger partial charge >= 0.3 is 0 Å². The summed E-state index contributed by atoms with van der Waals surface area (Å²) >= 11 is 11.8. The third kappa shape index (κ3) is 3.87. The Hall–Kier alpha value is -0.770. The van der Waals surface area contributed by atoms with Gasteiger partial charge in [-0.3, -0.25) is 4.79 Å². The maximum atomic E-state index is 12.3. The maximum Gasteiger partial charge on any atom is 0.226 e. The summed E-state index contributed by atoms with van der Waals surface area (Å²) in [7, 11) is 1.88. The predicted molar refractivity (Wildman–Crippen MR) is 83.2 cm³/mol. The normalized spacial score (nSPS) is 22.6. The van der Waals surface area contributed by atoms with Gasteiger partial charge in [-0.15, -0.1) is 0 Å². The van der Waals surface area contributed by atoms with Crippen LogP contribution in [-0.4, -0.2) is 29.9 Å². The number of nitrogens with two attached hydrogens (primary N) is 1.